The molecule has 1 amide bonds. The number of carbonyl (C=O) groups excluding carboxylic acids is 1. The van der Waals surface area contributed by atoms with Crippen LogP contribution in [0.15, 0.2) is 30.5 Å². The van der Waals surface area contributed by atoms with E-state index in [9.17, 15) is 4.79 Å². The molecule has 1 aliphatic rings. The molecule has 1 N–H and O–H groups in total. The summed E-state index contributed by atoms with van der Waals surface area (Å²) in [5, 5.41) is 4.23. The first kappa shape index (κ1) is 18.2. The van der Waals surface area contributed by atoms with Crippen molar-refractivity contribution in [2.24, 2.45) is 0 Å². The molecule has 27 heavy (non-hydrogen) atoms. The lowest BCUT2D eigenvalue weighted by molar-refractivity contribution is 0.0945. The fourth-order valence-electron chi connectivity index (χ4n) is 4.15. The minimum absolute atomic E-state index is 0.00320. The zero-order valence-corrected chi connectivity index (χ0v) is 17.0. The summed E-state index contributed by atoms with van der Waals surface area (Å²) in [5.41, 5.74) is 3.20. The molecular formula is C21H26N4OS. The van der Waals surface area contributed by atoms with Gasteiger partial charge in [0.05, 0.1) is 5.69 Å². The molecule has 0 spiro atoms. The van der Waals surface area contributed by atoms with Gasteiger partial charge in [-0.1, -0.05) is 6.92 Å². The number of thiophene rings is 1. The summed E-state index contributed by atoms with van der Waals surface area (Å²) in [6.45, 7) is 9.22. The van der Waals surface area contributed by atoms with Crippen LogP contribution >= 0.6 is 11.3 Å². The summed E-state index contributed by atoms with van der Waals surface area (Å²) in [6.07, 6.45) is 4.16. The number of fused-ring (bicyclic) bond motifs is 1. The minimum Gasteiger partial charge on any atom is -0.350 e. The zero-order valence-electron chi connectivity index (χ0n) is 16.2. The Balaban J connectivity index is 1.69. The van der Waals surface area contributed by atoms with Crippen molar-refractivity contribution in [3.05, 3.63) is 46.7 Å². The molecule has 0 aromatic carbocycles. The number of nitrogens with zero attached hydrogens (tertiary/aromatic N) is 3. The van der Waals surface area contributed by atoms with E-state index in [-0.39, 0.29) is 5.91 Å². The van der Waals surface area contributed by atoms with Gasteiger partial charge in [-0.25, -0.2) is 4.98 Å². The first-order valence-electron chi connectivity index (χ1n) is 9.65. The topological polar surface area (TPSA) is 50.2 Å². The number of carbonyl (C=O) groups is 1. The van der Waals surface area contributed by atoms with Crippen molar-refractivity contribution in [2.75, 3.05) is 19.6 Å². The predicted molar refractivity (Wildman–Crippen MR) is 111 cm³/mol. The SMILES string of the molecule is CCN1CCCC1CNC(=O)c1sc2ncccc2c1-n1c(C)ccc1C. The minimum atomic E-state index is 0.00320. The second-order valence-corrected chi connectivity index (χ2v) is 8.22. The lowest BCUT2D eigenvalue weighted by Crippen LogP contribution is -2.40. The lowest BCUT2D eigenvalue weighted by atomic mass is 10.2. The van der Waals surface area contributed by atoms with Gasteiger partial charge in [0.1, 0.15) is 9.71 Å². The van der Waals surface area contributed by atoms with Gasteiger partial charge >= 0.3 is 0 Å². The Morgan fingerprint density at radius 2 is 2.07 bits per heavy atom. The van der Waals surface area contributed by atoms with Crippen molar-refractivity contribution in [3.63, 3.8) is 0 Å². The number of amides is 1. The number of aryl methyl sites for hydroxylation is 2. The molecule has 0 radical (unpaired) electrons. The first-order chi connectivity index (χ1) is 13.1. The fraction of sp³-hybridized carbons (Fsp3) is 0.429. The molecular weight excluding hydrogens is 356 g/mol. The second kappa shape index (κ2) is 7.44. The van der Waals surface area contributed by atoms with Crippen molar-refractivity contribution in [3.8, 4) is 5.69 Å². The fourth-order valence-corrected chi connectivity index (χ4v) is 5.19. The number of likely N-dealkylation sites (tertiary alicyclic amines) is 1. The Hall–Kier alpha value is -2.18. The highest BCUT2D eigenvalue weighted by molar-refractivity contribution is 7.21. The zero-order chi connectivity index (χ0) is 19.0. The van der Waals surface area contributed by atoms with Gasteiger partial charge in [-0.15, -0.1) is 11.3 Å². The Labute approximate surface area is 164 Å². The number of likely N-dealkylation sites (N-methyl/N-ethyl adjacent to an activating group) is 1. The maximum Gasteiger partial charge on any atom is 0.263 e. The molecule has 0 saturated carbocycles. The van der Waals surface area contributed by atoms with Crippen molar-refractivity contribution in [1.82, 2.24) is 19.8 Å². The standard InChI is InChI=1S/C21H26N4OS/c1-4-24-12-6-7-16(24)13-23-20(26)19-18(25-14(2)9-10-15(25)3)17-8-5-11-22-21(17)27-19/h5,8-11,16H,4,6-7,12-13H2,1-3H3,(H,23,26). The van der Waals surface area contributed by atoms with Gasteiger partial charge in [-0.2, -0.15) is 0 Å². The third-order valence-electron chi connectivity index (χ3n) is 5.54. The largest absolute Gasteiger partial charge is 0.350 e. The highest BCUT2D eigenvalue weighted by Crippen LogP contribution is 2.34. The maximum absolute atomic E-state index is 13.1. The van der Waals surface area contributed by atoms with E-state index in [1.165, 1.54) is 17.8 Å². The maximum atomic E-state index is 13.1. The van der Waals surface area contributed by atoms with Crippen molar-refractivity contribution in [2.45, 2.75) is 39.7 Å². The molecule has 4 rings (SSSR count). The van der Waals surface area contributed by atoms with Crippen molar-refractivity contribution < 1.29 is 4.79 Å². The number of hydrogen-bond acceptors (Lipinski definition) is 4. The van der Waals surface area contributed by atoms with Crippen LogP contribution in [-0.2, 0) is 0 Å². The Bertz CT molecular complexity index is 954. The number of hydrogen-bond donors (Lipinski definition) is 1. The van der Waals surface area contributed by atoms with Gasteiger partial charge in [0.25, 0.3) is 5.91 Å². The Morgan fingerprint density at radius 3 is 2.81 bits per heavy atom. The molecule has 1 fully saturated rings. The van der Waals surface area contributed by atoms with Gasteiger partial charge in [0.2, 0.25) is 0 Å². The van der Waals surface area contributed by atoms with E-state index in [1.807, 2.05) is 6.07 Å². The molecule has 0 bridgehead atoms. The molecule has 1 unspecified atom stereocenters. The van der Waals surface area contributed by atoms with Crippen LogP contribution in [0.1, 0.15) is 40.8 Å². The second-order valence-electron chi connectivity index (χ2n) is 7.22. The van der Waals surface area contributed by atoms with Crippen LogP contribution in [0.3, 0.4) is 0 Å². The van der Waals surface area contributed by atoms with Crippen molar-refractivity contribution in [1.29, 1.82) is 0 Å². The number of aromatic nitrogens is 2. The van der Waals surface area contributed by atoms with Crippen LogP contribution in [-0.4, -0.2) is 46.0 Å². The summed E-state index contributed by atoms with van der Waals surface area (Å²) in [4.78, 5) is 21.7. The highest BCUT2D eigenvalue weighted by atomic mass is 32.1. The van der Waals surface area contributed by atoms with E-state index >= 15 is 0 Å². The van der Waals surface area contributed by atoms with Gasteiger partial charge in [0.15, 0.2) is 0 Å². The molecule has 142 valence electrons. The molecule has 4 heterocycles. The smallest absolute Gasteiger partial charge is 0.263 e. The third kappa shape index (κ3) is 3.28. The van der Waals surface area contributed by atoms with E-state index in [1.54, 1.807) is 6.20 Å². The summed E-state index contributed by atoms with van der Waals surface area (Å²) in [7, 11) is 0. The van der Waals surface area contributed by atoms with E-state index < -0.39 is 0 Å². The van der Waals surface area contributed by atoms with Crippen LogP contribution < -0.4 is 5.32 Å². The monoisotopic (exact) mass is 382 g/mol. The third-order valence-corrected chi connectivity index (χ3v) is 6.65. The van der Waals surface area contributed by atoms with Crippen LogP contribution in [0.4, 0.5) is 0 Å². The molecule has 6 heteroatoms. The van der Waals surface area contributed by atoms with E-state index in [4.69, 9.17) is 0 Å². The summed E-state index contributed by atoms with van der Waals surface area (Å²) in [5.74, 6) is 0.00320. The van der Waals surface area contributed by atoms with Crippen LogP contribution in [0.5, 0.6) is 0 Å². The highest BCUT2D eigenvalue weighted by Gasteiger charge is 2.26. The number of nitrogens with one attached hydrogen (secondary N) is 1. The molecule has 5 nitrogen and oxygen atoms in total. The lowest BCUT2D eigenvalue weighted by Gasteiger charge is -2.23. The average molecular weight is 383 g/mol. The van der Waals surface area contributed by atoms with E-state index in [0.29, 0.717) is 12.6 Å². The van der Waals surface area contributed by atoms with E-state index in [0.717, 1.165) is 51.7 Å². The van der Waals surface area contributed by atoms with Crippen molar-refractivity contribution >= 4 is 27.5 Å². The van der Waals surface area contributed by atoms with Gasteiger partial charge in [-0.05, 0) is 64.0 Å². The molecule has 1 atom stereocenters. The predicted octanol–water partition coefficient (Wildman–Crippen LogP) is 3.92. The Kier molecular flexibility index (Phi) is 5.02. The van der Waals surface area contributed by atoms with Crippen LogP contribution in [0.2, 0.25) is 0 Å². The number of pyridine rings is 1. The normalized spacial score (nSPS) is 17.7. The molecule has 1 saturated heterocycles. The van der Waals surface area contributed by atoms with Gasteiger partial charge in [0, 0.05) is 35.6 Å². The van der Waals surface area contributed by atoms with E-state index in [2.05, 4.69) is 58.7 Å². The molecule has 3 aromatic rings. The summed E-state index contributed by atoms with van der Waals surface area (Å²) in [6, 6.07) is 8.62. The van der Waals surface area contributed by atoms with Crippen LogP contribution in [0, 0.1) is 13.8 Å². The molecule has 1 aliphatic heterocycles. The summed E-state index contributed by atoms with van der Waals surface area (Å²) < 4.78 is 2.17. The van der Waals surface area contributed by atoms with Crippen LogP contribution in [0.25, 0.3) is 15.9 Å². The number of rotatable bonds is 5. The summed E-state index contributed by atoms with van der Waals surface area (Å²) >= 11 is 1.48. The molecule has 3 aromatic heterocycles. The van der Waals surface area contributed by atoms with Gasteiger partial charge in [-0.3, -0.25) is 9.69 Å². The first-order valence-corrected chi connectivity index (χ1v) is 10.5. The quantitative estimate of drug-likeness (QED) is 0.728. The Morgan fingerprint density at radius 1 is 1.30 bits per heavy atom. The van der Waals surface area contributed by atoms with Gasteiger partial charge < -0.3 is 9.88 Å². The average Bonchev–Trinajstić information content (AvgIpc) is 3.36. The molecule has 0 aliphatic carbocycles.